The highest BCUT2D eigenvalue weighted by atomic mass is 35.5. The molecule has 0 aliphatic heterocycles. The Bertz CT molecular complexity index is 1480. The first-order valence-electron chi connectivity index (χ1n) is 9.38. The van der Waals surface area contributed by atoms with E-state index in [0.717, 1.165) is 0 Å². The molecular formula is C20H13Cl2F3N6O3. The molecule has 0 radical (unpaired) electrons. The van der Waals surface area contributed by atoms with Crippen LogP contribution in [0.3, 0.4) is 0 Å². The van der Waals surface area contributed by atoms with Gasteiger partial charge in [0.05, 0.1) is 32.3 Å². The highest BCUT2D eigenvalue weighted by molar-refractivity contribution is 6.39. The van der Waals surface area contributed by atoms with Crippen molar-refractivity contribution in [1.29, 1.82) is 0 Å². The molecule has 0 unspecified atom stereocenters. The van der Waals surface area contributed by atoms with Crippen molar-refractivity contribution in [1.82, 2.24) is 24.3 Å². The van der Waals surface area contributed by atoms with E-state index in [9.17, 15) is 27.9 Å². The molecule has 0 spiro atoms. The Morgan fingerprint density at radius 3 is 2.53 bits per heavy atom. The number of aryl methyl sites for hydroxylation is 2. The number of carbonyl (C=O) groups is 2. The van der Waals surface area contributed by atoms with Crippen molar-refractivity contribution < 1.29 is 27.9 Å². The molecule has 0 saturated carbocycles. The van der Waals surface area contributed by atoms with Crippen molar-refractivity contribution in [3.8, 4) is 5.82 Å². The summed E-state index contributed by atoms with van der Waals surface area (Å²) in [5, 5.41) is 15.2. The maximum absolute atomic E-state index is 13.4. The van der Waals surface area contributed by atoms with E-state index in [0.29, 0.717) is 22.1 Å². The van der Waals surface area contributed by atoms with E-state index >= 15 is 0 Å². The number of anilines is 1. The topological polar surface area (TPSA) is 115 Å². The maximum Gasteiger partial charge on any atom is 0.435 e. The predicted octanol–water partition coefficient (Wildman–Crippen LogP) is 4.74. The Kier molecular flexibility index (Phi) is 5.74. The van der Waals surface area contributed by atoms with Crippen molar-refractivity contribution in [2.24, 2.45) is 7.05 Å². The third kappa shape index (κ3) is 3.94. The zero-order valence-electron chi connectivity index (χ0n) is 17.3. The Labute approximate surface area is 198 Å². The predicted molar refractivity (Wildman–Crippen MR) is 117 cm³/mol. The molecule has 0 aliphatic rings. The first kappa shape index (κ1) is 23.5. The molecule has 0 bridgehead atoms. The van der Waals surface area contributed by atoms with Gasteiger partial charge in [0.1, 0.15) is 11.5 Å². The third-order valence-corrected chi connectivity index (χ3v) is 5.63. The standard InChI is InChI=1S/C20H13Cl2F3N6O3/c1-8-27-11-6-9(19(33)34)15(14(22)16(11)30(8)2)28-18(32)12-7-13(20(23,24)25)29-31(12)17-10(21)4-3-5-26-17/h3-7H,1-2H3,(H,28,32)(H,33,34). The first-order chi connectivity index (χ1) is 15.9. The molecule has 0 saturated heterocycles. The number of halogens is 5. The maximum atomic E-state index is 13.4. The molecular weight excluding hydrogens is 500 g/mol. The monoisotopic (exact) mass is 512 g/mol. The van der Waals surface area contributed by atoms with E-state index in [1.165, 1.54) is 24.4 Å². The zero-order valence-corrected chi connectivity index (χ0v) is 18.8. The molecule has 1 amide bonds. The van der Waals surface area contributed by atoms with Crippen LogP contribution in [0.4, 0.5) is 18.9 Å². The Morgan fingerprint density at radius 2 is 1.91 bits per heavy atom. The average Bonchev–Trinajstić information content (AvgIpc) is 3.32. The number of imidazole rings is 1. The molecule has 9 nitrogen and oxygen atoms in total. The molecule has 0 atom stereocenters. The molecule has 34 heavy (non-hydrogen) atoms. The number of hydrogen-bond acceptors (Lipinski definition) is 5. The van der Waals surface area contributed by atoms with Crippen LogP contribution in [0, 0.1) is 6.92 Å². The minimum absolute atomic E-state index is 0.0654. The number of fused-ring (bicyclic) bond motifs is 1. The fraction of sp³-hybridized carbons (Fsp3) is 0.150. The van der Waals surface area contributed by atoms with Gasteiger partial charge >= 0.3 is 12.1 Å². The van der Waals surface area contributed by atoms with E-state index in [2.05, 4.69) is 20.4 Å². The van der Waals surface area contributed by atoms with Gasteiger partial charge < -0.3 is 15.0 Å². The van der Waals surface area contributed by atoms with Gasteiger partial charge in [0, 0.05) is 19.3 Å². The largest absolute Gasteiger partial charge is 0.478 e. The van der Waals surface area contributed by atoms with Gasteiger partial charge in [0.2, 0.25) is 0 Å². The van der Waals surface area contributed by atoms with E-state index < -0.39 is 35.0 Å². The highest BCUT2D eigenvalue weighted by Crippen LogP contribution is 2.36. The number of rotatable bonds is 4. The Hall–Kier alpha value is -3.64. The fourth-order valence-corrected chi connectivity index (χ4v) is 3.86. The number of nitrogens with zero attached hydrogens (tertiary/aromatic N) is 5. The Morgan fingerprint density at radius 1 is 1.21 bits per heavy atom. The van der Waals surface area contributed by atoms with Gasteiger partial charge in [0.25, 0.3) is 5.91 Å². The van der Waals surface area contributed by atoms with Crippen LogP contribution in [0.15, 0.2) is 30.5 Å². The number of carboxylic acids is 1. The molecule has 14 heteroatoms. The van der Waals surface area contributed by atoms with Crippen LogP contribution in [0.1, 0.15) is 32.4 Å². The number of nitrogens with one attached hydrogen (secondary N) is 1. The van der Waals surface area contributed by atoms with Crippen LogP contribution in [0.2, 0.25) is 10.0 Å². The minimum Gasteiger partial charge on any atom is -0.478 e. The summed E-state index contributed by atoms with van der Waals surface area (Å²) >= 11 is 12.5. The van der Waals surface area contributed by atoms with Crippen LogP contribution in [0.5, 0.6) is 0 Å². The normalized spacial score (nSPS) is 11.7. The SMILES string of the molecule is Cc1nc2cc(C(=O)O)c(NC(=O)c3cc(C(F)(F)F)nn3-c3ncccc3Cl)c(Cl)c2n1C. The number of pyridine rings is 1. The van der Waals surface area contributed by atoms with Gasteiger partial charge in [-0.15, -0.1) is 0 Å². The summed E-state index contributed by atoms with van der Waals surface area (Å²) in [6.07, 6.45) is -3.62. The second-order valence-corrected chi connectivity index (χ2v) is 7.88. The third-order valence-electron chi connectivity index (χ3n) is 4.96. The van der Waals surface area contributed by atoms with Gasteiger partial charge in [-0.3, -0.25) is 4.79 Å². The number of carbonyl (C=O) groups excluding carboxylic acids is 1. The summed E-state index contributed by atoms with van der Waals surface area (Å²) in [5.41, 5.74) is -2.09. The quantitative estimate of drug-likeness (QED) is 0.408. The summed E-state index contributed by atoms with van der Waals surface area (Å²) in [5.74, 6) is -2.26. The lowest BCUT2D eigenvalue weighted by atomic mass is 10.1. The summed E-state index contributed by atoms with van der Waals surface area (Å²) in [6.45, 7) is 1.67. The van der Waals surface area contributed by atoms with Crippen molar-refractivity contribution in [3.05, 3.63) is 63.3 Å². The van der Waals surface area contributed by atoms with Gasteiger partial charge in [-0.25, -0.2) is 19.4 Å². The summed E-state index contributed by atoms with van der Waals surface area (Å²) in [6, 6.07) is 4.52. The molecule has 3 heterocycles. The van der Waals surface area contributed by atoms with Crippen LogP contribution in [0.25, 0.3) is 16.9 Å². The number of aromatic nitrogens is 5. The lowest BCUT2D eigenvalue weighted by Gasteiger charge is -2.13. The highest BCUT2D eigenvalue weighted by Gasteiger charge is 2.37. The second-order valence-electron chi connectivity index (χ2n) is 7.09. The van der Waals surface area contributed by atoms with E-state index in [4.69, 9.17) is 23.2 Å². The van der Waals surface area contributed by atoms with Crippen LogP contribution in [-0.4, -0.2) is 41.3 Å². The van der Waals surface area contributed by atoms with Crippen LogP contribution in [-0.2, 0) is 13.2 Å². The Balaban J connectivity index is 1.88. The molecule has 4 aromatic rings. The number of aromatic carboxylic acids is 1. The van der Waals surface area contributed by atoms with Crippen molar-refractivity contribution in [3.63, 3.8) is 0 Å². The van der Waals surface area contributed by atoms with Gasteiger partial charge in [-0.05, 0) is 25.1 Å². The molecule has 4 rings (SSSR count). The van der Waals surface area contributed by atoms with E-state index in [-0.39, 0.29) is 27.1 Å². The first-order valence-corrected chi connectivity index (χ1v) is 10.1. The number of alkyl halides is 3. The molecule has 1 aromatic carbocycles. The lowest BCUT2D eigenvalue weighted by molar-refractivity contribution is -0.141. The molecule has 2 N–H and O–H groups in total. The average molecular weight is 513 g/mol. The summed E-state index contributed by atoms with van der Waals surface area (Å²) in [7, 11) is 1.64. The van der Waals surface area contributed by atoms with Crippen molar-refractivity contribution in [2.45, 2.75) is 13.1 Å². The second kappa shape index (κ2) is 8.29. The van der Waals surface area contributed by atoms with Crippen LogP contribution < -0.4 is 5.32 Å². The minimum atomic E-state index is -4.88. The number of carboxylic acid groups (broad SMARTS) is 1. The molecule has 176 valence electrons. The molecule has 0 fully saturated rings. The van der Waals surface area contributed by atoms with Gasteiger partial charge in [-0.2, -0.15) is 18.3 Å². The smallest absolute Gasteiger partial charge is 0.435 e. The van der Waals surface area contributed by atoms with Crippen LogP contribution >= 0.6 is 23.2 Å². The van der Waals surface area contributed by atoms with E-state index in [1.807, 2.05) is 0 Å². The van der Waals surface area contributed by atoms with Gasteiger partial charge in [0.15, 0.2) is 11.5 Å². The summed E-state index contributed by atoms with van der Waals surface area (Å²) < 4.78 is 42.3. The fourth-order valence-electron chi connectivity index (χ4n) is 3.29. The number of benzene rings is 1. The zero-order chi connectivity index (χ0) is 24.9. The van der Waals surface area contributed by atoms with E-state index in [1.54, 1.807) is 18.5 Å². The lowest BCUT2D eigenvalue weighted by Crippen LogP contribution is -2.20. The van der Waals surface area contributed by atoms with Crippen molar-refractivity contribution >= 4 is 51.8 Å². The number of amides is 1. The summed E-state index contributed by atoms with van der Waals surface area (Å²) in [4.78, 5) is 33.1. The van der Waals surface area contributed by atoms with Crippen molar-refractivity contribution in [2.75, 3.05) is 5.32 Å². The molecule has 0 aliphatic carbocycles. The van der Waals surface area contributed by atoms with Gasteiger partial charge in [-0.1, -0.05) is 23.2 Å². The number of hydrogen-bond donors (Lipinski definition) is 2. The molecule has 3 aromatic heterocycles.